The molecule has 5 rings (SSSR count). The fourth-order valence-electron chi connectivity index (χ4n) is 5.18. The molecule has 3 nitrogen and oxygen atoms in total. The van der Waals surface area contributed by atoms with Crippen LogP contribution in [0.15, 0.2) is 22.6 Å². The maximum absolute atomic E-state index is 12.8. The van der Waals surface area contributed by atoms with Gasteiger partial charge >= 0.3 is 0 Å². The summed E-state index contributed by atoms with van der Waals surface area (Å²) in [6.45, 7) is 1.96. The van der Waals surface area contributed by atoms with Crippen LogP contribution in [0.1, 0.15) is 50.3 Å². The normalized spacial score (nSPS) is 37.8. The quantitative estimate of drug-likeness (QED) is 0.669. The van der Waals surface area contributed by atoms with Crippen LogP contribution in [0.25, 0.3) is 0 Å². The van der Waals surface area contributed by atoms with Gasteiger partial charge in [-0.15, -0.1) is 11.3 Å². The van der Waals surface area contributed by atoms with Crippen molar-refractivity contribution in [3.05, 3.63) is 22.4 Å². The third-order valence-corrected chi connectivity index (χ3v) is 6.70. The van der Waals surface area contributed by atoms with Crippen LogP contribution in [0.4, 0.5) is 0 Å². The minimum Gasteiger partial charge on any atom is -0.273 e. The Bertz CT molecular complexity index is 540. The lowest BCUT2D eigenvalue weighted by Crippen LogP contribution is -2.52. The van der Waals surface area contributed by atoms with Gasteiger partial charge in [-0.2, -0.15) is 5.10 Å². The molecule has 4 saturated carbocycles. The van der Waals surface area contributed by atoms with Gasteiger partial charge < -0.3 is 0 Å². The molecule has 112 valence electrons. The number of amides is 1. The standard InChI is InChI=1S/C17H22N2OS/c1-11(15-3-2-4-21-15)18-19-16(20)17-8-12-5-13(9-17)7-14(6-12)10-17/h2-4,12-14H,5-10H2,1H3,(H,19,20)/b18-11+. The fourth-order valence-corrected chi connectivity index (χ4v) is 5.86. The number of carbonyl (C=O) groups excluding carboxylic acids is 1. The number of carbonyl (C=O) groups is 1. The molecule has 4 aliphatic rings. The highest BCUT2D eigenvalue weighted by molar-refractivity contribution is 7.12. The monoisotopic (exact) mass is 302 g/mol. The van der Waals surface area contributed by atoms with Gasteiger partial charge in [-0.1, -0.05) is 6.07 Å². The average molecular weight is 302 g/mol. The summed E-state index contributed by atoms with van der Waals surface area (Å²) in [5, 5.41) is 6.39. The molecule has 0 spiro atoms. The second kappa shape index (κ2) is 4.94. The molecule has 4 aliphatic carbocycles. The Morgan fingerprint density at radius 3 is 2.38 bits per heavy atom. The van der Waals surface area contributed by atoms with Gasteiger partial charge in [0.25, 0.3) is 0 Å². The third-order valence-electron chi connectivity index (χ3n) is 5.72. The molecule has 0 saturated heterocycles. The fraction of sp³-hybridized carbons (Fsp3) is 0.647. The zero-order valence-electron chi connectivity index (χ0n) is 12.5. The summed E-state index contributed by atoms with van der Waals surface area (Å²) >= 11 is 1.66. The van der Waals surface area contributed by atoms with Crippen molar-refractivity contribution in [1.29, 1.82) is 0 Å². The molecule has 1 heterocycles. The first-order chi connectivity index (χ1) is 10.1. The maximum atomic E-state index is 12.8. The molecule has 1 aromatic rings. The van der Waals surface area contributed by atoms with Crippen LogP contribution in [0, 0.1) is 23.2 Å². The Morgan fingerprint density at radius 2 is 1.86 bits per heavy atom. The first-order valence-corrected chi connectivity index (χ1v) is 8.91. The molecular formula is C17H22N2OS. The summed E-state index contributed by atoms with van der Waals surface area (Å²) in [6, 6.07) is 4.06. The van der Waals surface area contributed by atoms with Crippen molar-refractivity contribution in [3.63, 3.8) is 0 Å². The Kier molecular flexibility index (Phi) is 3.18. The summed E-state index contributed by atoms with van der Waals surface area (Å²) in [4.78, 5) is 13.9. The lowest BCUT2D eigenvalue weighted by molar-refractivity contribution is -0.146. The van der Waals surface area contributed by atoms with Gasteiger partial charge in [0.05, 0.1) is 11.1 Å². The molecule has 0 radical (unpaired) electrons. The number of hydrazone groups is 1. The van der Waals surface area contributed by atoms with E-state index < -0.39 is 0 Å². The Labute approximate surface area is 129 Å². The van der Waals surface area contributed by atoms with Crippen LogP contribution in [0.2, 0.25) is 0 Å². The predicted molar refractivity (Wildman–Crippen MR) is 85.3 cm³/mol. The molecule has 1 N–H and O–H groups in total. The minimum atomic E-state index is -0.103. The summed E-state index contributed by atoms with van der Waals surface area (Å²) in [5.41, 5.74) is 3.69. The molecule has 21 heavy (non-hydrogen) atoms. The van der Waals surface area contributed by atoms with E-state index in [1.165, 1.54) is 19.3 Å². The smallest absolute Gasteiger partial charge is 0.246 e. The van der Waals surface area contributed by atoms with Gasteiger partial charge in [0.2, 0.25) is 5.91 Å². The second-order valence-corrected chi connectivity index (χ2v) is 8.26. The van der Waals surface area contributed by atoms with Crippen molar-refractivity contribution in [3.8, 4) is 0 Å². The van der Waals surface area contributed by atoms with E-state index in [1.54, 1.807) is 11.3 Å². The molecule has 0 aliphatic heterocycles. The Hall–Kier alpha value is -1.16. The molecule has 1 amide bonds. The lowest BCUT2D eigenvalue weighted by Gasteiger charge is -2.55. The summed E-state index contributed by atoms with van der Waals surface area (Å²) < 4.78 is 0. The maximum Gasteiger partial charge on any atom is 0.246 e. The van der Waals surface area contributed by atoms with E-state index in [0.29, 0.717) is 0 Å². The van der Waals surface area contributed by atoms with Gasteiger partial charge in [-0.3, -0.25) is 4.79 Å². The number of thiophene rings is 1. The van der Waals surface area contributed by atoms with Crippen LogP contribution in [-0.2, 0) is 4.79 Å². The van der Waals surface area contributed by atoms with E-state index in [4.69, 9.17) is 0 Å². The topological polar surface area (TPSA) is 41.5 Å². The van der Waals surface area contributed by atoms with Crippen LogP contribution in [0.5, 0.6) is 0 Å². The molecule has 4 heteroatoms. The molecule has 0 unspecified atom stereocenters. The van der Waals surface area contributed by atoms with Crippen LogP contribution in [-0.4, -0.2) is 11.6 Å². The van der Waals surface area contributed by atoms with Crippen molar-refractivity contribution in [2.75, 3.05) is 0 Å². The van der Waals surface area contributed by atoms with Gasteiger partial charge in [0, 0.05) is 4.88 Å². The highest BCUT2D eigenvalue weighted by Gasteiger charge is 2.54. The summed E-state index contributed by atoms with van der Waals surface area (Å²) in [7, 11) is 0. The first kappa shape index (κ1) is 13.5. The van der Waals surface area contributed by atoms with Gasteiger partial charge in [-0.25, -0.2) is 5.43 Å². The first-order valence-electron chi connectivity index (χ1n) is 8.03. The van der Waals surface area contributed by atoms with E-state index in [2.05, 4.69) is 10.5 Å². The van der Waals surface area contributed by atoms with Crippen molar-refractivity contribution >= 4 is 23.0 Å². The molecule has 4 fully saturated rings. The lowest BCUT2D eigenvalue weighted by atomic mass is 9.49. The largest absolute Gasteiger partial charge is 0.273 e. The zero-order valence-corrected chi connectivity index (χ0v) is 13.3. The molecule has 1 aromatic heterocycles. The predicted octanol–water partition coefficient (Wildman–Crippen LogP) is 3.80. The number of nitrogens with one attached hydrogen (secondary N) is 1. The SMILES string of the molecule is C/C(=N\NC(=O)C12CC3CC(CC(C3)C1)C2)c1cccs1. The van der Waals surface area contributed by atoms with Crippen LogP contribution < -0.4 is 5.43 Å². The second-order valence-electron chi connectivity index (χ2n) is 7.31. The molecular weight excluding hydrogens is 280 g/mol. The van der Waals surface area contributed by atoms with Gasteiger partial charge in [0.1, 0.15) is 0 Å². The van der Waals surface area contributed by atoms with Crippen molar-refractivity contribution in [2.24, 2.45) is 28.3 Å². The summed E-state index contributed by atoms with van der Waals surface area (Å²) in [6.07, 6.45) is 7.38. The van der Waals surface area contributed by atoms with Gasteiger partial charge in [0.15, 0.2) is 0 Å². The van der Waals surface area contributed by atoms with E-state index in [9.17, 15) is 4.79 Å². The Morgan fingerprint density at radius 1 is 1.24 bits per heavy atom. The number of hydrogen-bond acceptors (Lipinski definition) is 3. The van der Waals surface area contributed by atoms with E-state index in [-0.39, 0.29) is 11.3 Å². The van der Waals surface area contributed by atoms with E-state index in [1.807, 2.05) is 24.4 Å². The number of rotatable bonds is 3. The Balaban J connectivity index is 1.49. The van der Waals surface area contributed by atoms with Crippen molar-refractivity contribution < 1.29 is 4.79 Å². The van der Waals surface area contributed by atoms with Crippen LogP contribution in [0.3, 0.4) is 0 Å². The van der Waals surface area contributed by atoms with E-state index >= 15 is 0 Å². The minimum absolute atomic E-state index is 0.103. The third kappa shape index (κ3) is 2.33. The highest BCUT2D eigenvalue weighted by Crippen LogP contribution is 2.60. The molecule has 4 bridgehead atoms. The zero-order chi connectivity index (χ0) is 14.4. The number of nitrogens with zero attached hydrogens (tertiary/aromatic N) is 1. The molecule has 0 aromatic carbocycles. The van der Waals surface area contributed by atoms with Crippen molar-refractivity contribution in [1.82, 2.24) is 5.43 Å². The summed E-state index contributed by atoms with van der Waals surface area (Å²) in [5.74, 6) is 2.57. The average Bonchev–Trinajstić information content (AvgIpc) is 2.97. The number of hydrogen-bond donors (Lipinski definition) is 1. The van der Waals surface area contributed by atoms with E-state index in [0.717, 1.165) is 47.6 Å². The van der Waals surface area contributed by atoms with Crippen molar-refractivity contribution in [2.45, 2.75) is 45.4 Å². The molecule has 0 atom stereocenters. The van der Waals surface area contributed by atoms with Gasteiger partial charge in [-0.05, 0) is 74.6 Å². The van der Waals surface area contributed by atoms with Crippen LogP contribution >= 0.6 is 11.3 Å². The highest BCUT2D eigenvalue weighted by atomic mass is 32.1.